The van der Waals surface area contributed by atoms with E-state index in [-0.39, 0.29) is 21.5 Å². The minimum Gasteiger partial charge on any atom is -0.336 e. The molecule has 8 heteroatoms. The van der Waals surface area contributed by atoms with Crippen LogP contribution in [0, 0.1) is 11.3 Å². The summed E-state index contributed by atoms with van der Waals surface area (Å²) in [6.07, 6.45) is 4.99. The third kappa shape index (κ3) is 3.82. The van der Waals surface area contributed by atoms with Crippen molar-refractivity contribution in [2.24, 2.45) is 0 Å². The highest BCUT2D eigenvalue weighted by Gasteiger charge is 2.18. The lowest BCUT2D eigenvalue weighted by molar-refractivity contribution is 0.520. The van der Waals surface area contributed by atoms with Crippen molar-refractivity contribution in [2.75, 3.05) is 0 Å². The molecule has 0 bridgehead atoms. The molecule has 0 aliphatic carbocycles. The van der Waals surface area contributed by atoms with E-state index in [1.807, 2.05) is 6.07 Å². The zero-order valence-corrected chi connectivity index (χ0v) is 12.8. The first-order chi connectivity index (χ1) is 9.92. The quantitative estimate of drug-likeness (QED) is 0.908. The first-order valence-corrected chi connectivity index (χ1v) is 7.96. The van der Waals surface area contributed by atoms with E-state index in [9.17, 15) is 8.42 Å². The van der Waals surface area contributed by atoms with Crippen LogP contribution in [0.25, 0.3) is 0 Å². The molecule has 0 unspecified atom stereocenters. The van der Waals surface area contributed by atoms with Crippen molar-refractivity contribution in [3.63, 3.8) is 0 Å². The van der Waals surface area contributed by atoms with Crippen molar-refractivity contribution in [3.05, 3.63) is 47.5 Å². The molecule has 0 fully saturated rings. The van der Waals surface area contributed by atoms with Crippen LogP contribution in [0.2, 0.25) is 5.02 Å². The molecule has 1 N–H and O–H groups in total. The highest BCUT2D eigenvalue weighted by atomic mass is 35.5. The molecule has 0 radical (unpaired) electrons. The van der Waals surface area contributed by atoms with Crippen LogP contribution in [0.4, 0.5) is 0 Å². The Bertz CT molecular complexity index is 766. The molecule has 1 heterocycles. The summed E-state index contributed by atoms with van der Waals surface area (Å²) in [4.78, 5) is 3.93. The maximum absolute atomic E-state index is 12.2. The fourth-order valence-electron chi connectivity index (χ4n) is 1.83. The summed E-state index contributed by atoms with van der Waals surface area (Å²) in [5.41, 5.74) is 0.238. The zero-order valence-electron chi connectivity index (χ0n) is 11.2. The first-order valence-electron chi connectivity index (χ1n) is 6.10. The minimum atomic E-state index is -3.69. The van der Waals surface area contributed by atoms with Gasteiger partial charge in [-0.05, 0) is 25.1 Å². The molecule has 21 heavy (non-hydrogen) atoms. The second-order valence-corrected chi connectivity index (χ2v) is 6.66. The number of imidazole rings is 1. The van der Waals surface area contributed by atoms with Crippen LogP contribution in [0.3, 0.4) is 0 Å². The predicted octanol–water partition coefficient (Wildman–Crippen LogP) is 1.78. The van der Waals surface area contributed by atoms with Gasteiger partial charge in [-0.3, -0.25) is 0 Å². The van der Waals surface area contributed by atoms with Gasteiger partial charge in [-0.1, -0.05) is 11.6 Å². The number of sulfonamides is 1. The van der Waals surface area contributed by atoms with E-state index < -0.39 is 10.0 Å². The average Bonchev–Trinajstić information content (AvgIpc) is 2.90. The van der Waals surface area contributed by atoms with Gasteiger partial charge in [0.25, 0.3) is 0 Å². The van der Waals surface area contributed by atoms with Crippen LogP contribution in [-0.2, 0) is 16.6 Å². The number of nitriles is 1. The largest absolute Gasteiger partial charge is 0.336 e. The predicted molar refractivity (Wildman–Crippen MR) is 78.2 cm³/mol. The number of hydrogen-bond donors (Lipinski definition) is 1. The number of nitrogens with one attached hydrogen (secondary N) is 1. The summed E-state index contributed by atoms with van der Waals surface area (Å²) in [5.74, 6) is 0. The third-order valence-corrected chi connectivity index (χ3v) is 4.67. The highest BCUT2D eigenvalue weighted by Crippen LogP contribution is 2.20. The lowest BCUT2D eigenvalue weighted by atomic mass is 10.2. The summed E-state index contributed by atoms with van der Waals surface area (Å²) in [6, 6.07) is 5.58. The van der Waals surface area contributed by atoms with Gasteiger partial charge >= 0.3 is 0 Å². The molecule has 0 amide bonds. The van der Waals surface area contributed by atoms with E-state index in [1.54, 1.807) is 30.2 Å². The molecule has 0 saturated carbocycles. The third-order valence-electron chi connectivity index (χ3n) is 2.77. The molecule has 6 nitrogen and oxygen atoms in total. The van der Waals surface area contributed by atoms with Crippen LogP contribution in [0.5, 0.6) is 0 Å². The molecule has 2 aromatic rings. The van der Waals surface area contributed by atoms with Gasteiger partial charge in [0.05, 0.1) is 21.8 Å². The van der Waals surface area contributed by atoms with E-state index in [0.29, 0.717) is 6.54 Å². The SMILES string of the molecule is C[C@@H](Cn1ccnc1)NS(=O)(=O)c1ccc(C#N)c(Cl)c1. The lowest BCUT2D eigenvalue weighted by Gasteiger charge is -2.15. The van der Waals surface area contributed by atoms with Crippen molar-refractivity contribution >= 4 is 21.6 Å². The molecule has 1 aromatic heterocycles. The number of aromatic nitrogens is 2. The van der Waals surface area contributed by atoms with Gasteiger partial charge in [0.1, 0.15) is 6.07 Å². The van der Waals surface area contributed by atoms with Crippen LogP contribution >= 0.6 is 11.6 Å². The van der Waals surface area contributed by atoms with Crippen LogP contribution in [0.1, 0.15) is 12.5 Å². The smallest absolute Gasteiger partial charge is 0.240 e. The second-order valence-electron chi connectivity index (χ2n) is 4.54. The standard InChI is InChI=1S/C13H13ClN4O2S/c1-10(8-18-5-4-16-9-18)17-21(19,20)12-3-2-11(7-15)13(14)6-12/h2-6,9-10,17H,8H2,1H3/t10-/m0/s1. The van der Waals surface area contributed by atoms with Crippen molar-refractivity contribution in [2.45, 2.75) is 24.4 Å². The maximum Gasteiger partial charge on any atom is 0.240 e. The topological polar surface area (TPSA) is 87.8 Å². The van der Waals surface area contributed by atoms with Crippen LogP contribution in [-0.4, -0.2) is 24.0 Å². The van der Waals surface area contributed by atoms with Crippen LogP contribution in [0.15, 0.2) is 41.8 Å². The molecule has 1 aromatic carbocycles. The number of nitrogens with zero attached hydrogens (tertiary/aromatic N) is 3. The second kappa shape index (κ2) is 6.26. The summed E-state index contributed by atoms with van der Waals surface area (Å²) in [6.45, 7) is 2.21. The first kappa shape index (κ1) is 15.5. The van der Waals surface area contributed by atoms with E-state index in [1.165, 1.54) is 18.2 Å². The molecule has 0 saturated heterocycles. The van der Waals surface area contributed by atoms with Gasteiger partial charge < -0.3 is 4.57 Å². The van der Waals surface area contributed by atoms with Crippen molar-refractivity contribution in [1.82, 2.24) is 14.3 Å². The Labute approximate surface area is 128 Å². The van der Waals surface area contributed by atoms with Gasteiger partial charge in [-0.25, -0.2) is 18.1 Å². The summed E-state index contributed by atoms with van der Waals surface area (Å²) < 4.78 is 28.8. The van der Waals surface area contributed by atoms with E-state index in [4.69, 9.17) is 16.9 Å². The van der Waals surface area contributed by atoms with E-state index in [2.05, 4.69) is 9.71 Å². The molecule has 2 rings (SSSR count). The Hall–Kier alpha value is -1.88. The molecular weight excluding hydrogens is 312 g/mol. The van der Waals surface area contributed by atoms with Gasteiger partial charge in [0.15, 0.2) is 0 Å². The average molecular weight is 325 g/mol. The highest BCUT2D eigenvalue weighted by molar-refractivity contribution is 7.89. The molecule has 0 aliphatic heterocycles. The fourth-order valence-corrected chi connectivity index (χ4v) is 3.38. The molecule has 110 valence electrons. The summed E-state index contributed by atoms with van der Waals surface area (Å²) >= 11 is 5.86. The molecule has 0 aliphatic rings. The van der Waals surface area contributed by atoms with Crippen molar-refractivity contribution in [3.8, 4) is 6.07 Å². The number of benzene rings is 1. The Kier molecular flexibility index (Phi) is 4.63. The van der Waals surface area contributed by atoms with Gasteiger partial charge in [-0.2, -0.15) is 5.26 Å². The Morgan fingerprint density at radius 1 is 1.52 bits per heavy atom. The van der Waals surface area contributed by atoms with E-state index >= 15 is 0 Å². The Morgan fingerprint density at radius 2 is 2.29 bits per heavy atom. The Morgan fingerprint density at radius 3 is 2.86 bits per heavy atom. The number of halogens is 1. The molecular formula is C13H13ClN4O2S. The Balaban J connectivity index is 2.15. The van der Waals surface area contributed by atoms with Crippen molar-refractivity contribution < 1.29 is 8.42 Å². The summed E-state index contributed by atoms with van der Waals surface area (Å²) in [7, 11) is -3.69. The summed E-state index contributed by atoms with van der Waals surface area (Å²) in [5, 5.41) is 8.91. The van der Waals surface area contributed by atoms with Crippen LogP contribution < -0.4 is 4.72 Å². The minimum absolute atomic E-state index is 0.0315. The normalized spacial score (nSPS) is 12.8. The maximum atomic E-state index is 12.2. The zero-order chi connectivity index (χ0) is 15.5. The number of rotatable bonds is 5. The van der Waals surface area contributed by atoms with Crippen molar-refractivity contribution in [1.29, 1.82) is 5.26 Å². The number of hydrogen-bond acceptors (Lipinski definition) is 4. The molecule has 0 spiro atoms. The van der Waals surface area contributed by atoms with E-state index in [0.717, 1.165) is 0 Å². The lowest BCUT2D eigenvalue weighted by Crippen LogP contribution is -2.35. The molecule has 1 atom stereocenters. The fraction of sp³-hybridized carbons (Fsp3) is 0.231. The van der Waals surface area contributed by atoms with Gasteiger partial charge in [0.2, 0.25) is 10.0 Å². The van der Waals surface area contributed by atoms with Gasteiger partial charge in [-0.15, -0.1) is 0 Å². The monoisotopic (exact) mass is 324 g/mol. The van der Waals surface area contributed by atoms with Gasteiger partial charge in [0, 0.05) is 25.0 Å².